The van der Waals surface area contributed by atoms with Gasteiger partial charge in [-0.1, -0.05) is 0 Å². The fraction of sp³-hybridized carbons (Fsp3) is 0.786. The molecule has 0 aromatic rings. The Bertz CT molecular complexity index is 471. The van der Waals surface area contributed by atoms with E-state index in [9.17, 15) is 22.8 Å². The number of nitrogens with zero attached hydrogens (tertiary/aromatic N) is 3. The summed E-state index contributed by atoms with van der Waals surface area (Å²) in [7, 11) is 0. The Morgan fingerprint density at radius 3 is 1.91 bits per heavy atom. The van der Waals surface area contributed by atoms with Gasteiger partial charge >= 0.3 is 12.1 Å². The van der Waals surface area contributed by atoms with Gasteiger partial charge in [0, 0.05) is 38.0 Å². The molecule has 0 saturated carbocycles. The van der Waals surface area contributed by atoms with Gasteiger partial charge in [0.15, 0.2) is 0 Å². The summed E-state index contributed by atoms with van der Waals surface area (Å²) in [5, 5.41) is 8.83. The average molecular weight is 317 g/mol. The lowest BCUT2D eigenvalue weighted by Crippen LogP contribution is -2.49. The van der Waals surface area contributed by atoms with Crippen LogP contribution < -0.4 is 0 Å². The number of carbonyl (C=O) groups is 2. The van der Waals surface area contributed by atoms with Gasteiger partial charge in [-0.15, -0.1) is 0 Å². The highest BCUT2D eigenvalue weighted by Gasteiger charge is 2.44. The van der Waals surface area contributed by atoms with Crippen molar-refractivity contribution >= 4 is 11.8 Å². The van der Waals surface area contributed by atoms with E-state index in [-0.39, 0.29) is 43.7 Å². The average Bonchev–Trinajstić information content (AvgIpc) is 2.53. The molecule has 2 rings (SSSR count). The van der Waals surface area contributed by atoms with Gasteiger partial charge in [0.25, 0.3) is 0 Å². The molecule has 2 aliphatic heterocycles. The van der Waals surface area contributed by atoms with E-state index in [1.807, 2.05) is 0 Å². The molecular weight excluding hydrogens is 299 g/mol. The number of hydrogen-bond donors (Lipinski definition) is 0. The van der Waals surface area contributed by atoms with E-state index < -0.39 is 12.1 Å². The molecule has 2 amide bonds. The highest BCUT2D eigenvalue weighted by atomic mass is 19.4. The molecule has 2 fully saturated rings. The smallest absolute Gasteiger partial charge is 0.342 e. The van der Waals surface area contributed by atoms with E-state index in [0.717, 1.165) is 4.90 Å². The lowest BCUT2D eigenvalue weighted by Gasteiger charge is -2.36. The van der Waals surface area contributed by atoms with Gasteiger partial charge in [-0.3, -0.25) is 9.59 Å². The number of hydrogen-bond acceptors (Lipinski definition) is 3. The zero-order valence-corrected chi connectivity index (χ0v) is 12.1. The van der Waals surface area contributed by atoms with Gasteiger partial charge in [0.1, 0.15) is 0 Å². The Morgan fingerprint density at radius 1 is 0.955 bits per heavy atom. The molecule has 0 aromatic carbocycles. The Balaban J connectivity index is 1.83. The maximum atomic E-state index is 12.4. The molecule has 0 radical (unpaired) electrons. The first-order chi connectivity index (χ1) is 10.3. The van der Waals surface area contributed by atoms with Crippen LogP contribution in [-0.4, -0.2) is 54.0 Å². The van der Waals surface area contributed by atoms with E-state index >= 15 is 0 Å². The third kappa shape index (κ3) is 3.70. The summed E-state index contributed by atoms with van der Waals surface area (Å²) in [5.41, 5.74) is 0. The fourth-order valence-electron chi connectivity index (χ4n) is 3.00. The minimum Gasteiger partial charge on any atom is -0.342 e. The van der Waals surface area contributed by atoms with E-state index in [4.69, 9.17) is 5.26 Å². The maximum absolute atomic E-state index is 12.4. The van der Waals surface area contributed by atoms with Crippen molar-refractivity contribution in [1.29, 1.82) is 5.26 Å². The lowest BCUT2D eigenvalue weighted by atomic mass is 9.92. The van der Waals surface area contributed by atoms with Crippen LogP contribution in [0.1, 0.15) is 25.7 Å². The zero-order chi connectivity index (χ0) is 16.3. The fourth-order valence-corrected chi connectivity index (χ4v) is 3.00. The first kappa shape index (κ1) is 16.6. The molecule has 2 saturated heterocycles. The minimum atomic E-state index is -4.85. The summed E-state index contributed by atoms with van der Waals surface area (Å²) in [6.45, 7) is 0.977. The second-order valence-corrected chi connectivity index (χ2v) is 5.79. The predicted octanol–water partition coefficient (Wildman–Crippen LogP) is 1.55. The van der Waals surface area contributed by atoms with Crippen molar-refractivity contribution in [3.05, 3.63) is 0 Å². The van der Waals surface area contributed by atoms with Crippen molar-refractivity contribution in [3.63, 3.8) is 0 Å². The van der Waals surface area contributed by atoms with Gasteiger partial charge in [-0.05, 0) is 25.7 Å². The molecule has 0 N–H and O–H groups in total. The number of nitriles is 1. The number of alkyl halides is 3. The third-order valence-corrected chi connectivity index (χ3v) is 4.36. The first-order valence-corrected chi connectivity index (χ1v) is 7.37. The molecule has 5 nitrogen and oxygen atoms in total. The monoisotopic (exact) mass is 317 g/mol. The molecule has 8 heteroatoms. The first-order valence-electron chi connectivity index (χ1n) is 7.37. The van der Waals surface area contributed by atoms with Crippen LogP contribution in [0.15, 0.2) is 0 Å². The standard InChI is InChI=1S/C14H18F3N3O2/c15-14(16,17)13(22)20-7-3-11(4-8-20)12(21)19-5-1-10(9-18)2-6-19/h10-11H,1-8H2. The summed E-state index contributed by atoms with van der Waals surface area (Å²) < 4.78 is 37.1. The molecule has 0 aliphatic carbocycles. The third-order valence-electron chi connectivity index (χ3n) is 4.36. The summed E-state index contributed by atoms with van der Waals surface area (Å²) >= 11 is 0. The normalized spacial score (nSPS) is 21.5. The van der Waals surface area contributed by atoms with E-state index in [1.165, 1.54) is 0 Å². The molecule has 0 atom stereocenters. The highest BCUT2D eigenvalue weighted by molar-refractivity contribution is 5.83. The van der Waals surface area contributed by atoms with Crippen molar-refractivity contribution in [2.24, 2.45) is 11.8 Å². The Kier molecular flexibility index (Phi) is 4.94. The van der Waals surface area contributed by atoms with Crippen LogP contribution in [0.2, 0.25) is 0 Å². The van der Waals surface area contributed by atoms with Crippen LogP contribution in [0.3, 0.4) is 0 Å². The van der Waals surface area contributed by atoms with Gasteiger partial charge in [0.2, 0.25) is 5.91 Å². The largest absolute Gasteiger partial charge is 0.471 e. The molecule has 0 unspecified atom stereocenters. The highest BCUT2D eigenvalue weighted by Crippen LogP contribution is 2.26. The maximum Gasteiger partial charge on any atom is 0.471 e. The molecule has 0 bridgehead atoms. The summed E-state index contributed by atoms with van der Waals surface area (Å²) in [6, 6.07) is 2.19. The lowest BCUT2D eigenvalue weighted by molar-refractivity contribution is -0.187. The van der Waals surface area contributed by atoms with Crippen LogP contribution in [0, 0.1) is 23.2 Å². The molecule has 2 heterocycles. The summed E-state index contributed by atoms with van der Waals surface area (Å²) in [4.78, 5) is 25.9. The van der Waals surface area contributed by atoms with Gasteiger partial charge < -0.3 is 9.80 Å². The van der Waals surface area contributed by atoms with Crippen molar-refractivity contribution in [2.45, 2.75) is 31.9 Å². The van der Waals surface area contributed by atoms with Crippen LogP contribution in [0.25, 0.3) is 0 Å². The van der Waals surface area contributed by atoms with Gasteiger partial charge in [0.05, 0.1) is 6.07 Å². The van der Waals surface area contributed by atoms with Crippen molar-refractivity contribution in [1.82, 2.24) is 9.80 Å². The number of likely N-dealkylation sites (tertiary alicyclic amines) is 2. The van der Waals surface area contributed by atoms with Gasteiger partial charge in [-0.2, -0.15) is 18.4 Å². The van der Waals surface area contributed by atoms with E-state index in [0.29, 0.717) is 25.9 Å². The van der Waals surface area contributed by atoms with Crippen LogP contribution in [0.4, 0.5) is 13.2 Å². The number of carbonyl (C=O) groups excluding carboxylic acids is 2. The quantitative estimate of drug-likeness (QED) is 0.737. The Morgan fingerprint density at radius 2 is 1.45 bits per heavy atom. The van der Waals surface area contributed by atoms with Crippen molar-refractivity contribution < 1.29 is 22.8 Å². The second-order valence-electron chi connectivity index (χ2n) is 5.79. The molecule has 0 aromatic heterocycles. The number of amides is 2. The summed E-state index contributed by atoms with van der Waals surface area (Å²) in [5.74, 6) is -2.23. The Labute approximate surface area is 126 Å². The Hall–Kier alpha value is -1.78. The molecule has 22 heavy (non-hydrogen) atoms. The minimum absolute atomic E-state index is 0.0182. The SMILES string of the molecule is N#CC1CCN(C(=O)C2CCN(C(=O)C(F)(F)F)CC2)CC1. The molecular formula is C14H18F3N3O2. The number of halogens is 3. The van der Waals surface area contributed by atoms with Crippen LogP contribution in [-0.2, 0) is 9.59 Å². The molecule has 2 aliphatic rings. The van der Waals surface area contributed by atoms with Gasteiger partial charge in [-0.25, -0.2) is 0 Å². The predicted molar refractivity (Wildman–Crippen MR) is 70.3 cm³/mol. The zero-order valence-electron chi connectivity index (χ0n) is 12.1. The number of piperidine rings is 2. The number of rotatable bonds is 1. The second kappa shape index (κ2) is 6.55. The van der Waals surface area contributed by atoms with Crippen LogP contribution >= 0.6 is 0 Å². The van der Waals surface area contributed by atoms with E-state index in [2.05, 4.69) is 6.07 Å². The summed E-state index contributed by atoms with van der Waals surface area (Å²) in [6.07, 6.45) is -3.03. The topological polar surface area (TPSA) is 64.4 Å². The molecule has 0 spiro atoms. The van der Waals surface area contributed by atoms with Crippen LogP contribution in [0.5, 0.6) is 0 Å². The van der Waals surface area contributed by atoms with Crippen molar-refractivity contribution in [2.75, 3.05) is 26.2 Å². The van der Waals surface area contributed by atoms with Crippen molar-refractivity contribution in [3.8, 4) is 6.07 Å². The molecule has 122 valence electrons. The van der Waals surface area contributed by atoms with E-state index in [1.54, 1.807) is 4.90 Å².